The highest BCUT2D eigenvalue weighted by Gasteiger charge is 2.17. The van der Waals surface area contributed by atoms with Crippen LogP contribution >= 0.6 is 0 Å². The van der Waals surface area contributed by atoms with Gasteiger partial charge in [0.1, 0.15) is 5.75 Å². The van der Waals surface area contributed by atoms with E-state index < -0.39 is 10.0 Å². The minimum Gasteiger partial charge on any atom is -0.496 e. The second-order valence-corrected chi connectivity index (χ2v) is 8.62. The fourth-order valence-corrected chi connectivity index (χ4v) is 4.09. The zero-order valence-corrected chi connectivity index (χ0v) is 17.9. The predicted octanol–water partition coefficient (Wildman–Crippen LogP) is 4.30. The van der Waals surface area contributed by atoms with Crippen molar-refractivity contribution >= 4 is 21.6 Å². The fourth-order valence-electron chi connectivity index (χ4n) is 3.04. The molecule has 0 spiro atoms. The smallest absolute Gasteiger partial charge is 0.261 e. The lowest BCUT2D eigenvalue weighted by Gasteiger charge is -2.17. The molecule has 1 amide bonds. The van der Waals surface area contributed by atoms with Crippen molar-refractivity contribution < 1.29 is 17.9 Å². The van der Waals surface area contributed by atoms with Crippen LogP contribution in [-0.4, -0.2) is 21.4 Å². The van der Waals surface area contributed by atoms with E-state index in [0.717, 1.165) is 11.1 Å². The zero-order chi connectivity index (χ0) is 21.7. The van der Waals surface area contributed by atoms with Crippen LogP contribution in [0.4, 0.5) is 5.69 Å². The van der Waals surface area contributed by atoms with Crippen LogP contribution < -0.4 is 14.8 Å². The highest BCUT2D eigenvalue weighted by atomic mass is 32.2. The first-order valence-electron chi connectivity index (χ1n) is 9.43. The number of aryl methyl sites for hydroxylation is 1. The van der Waals surface area contributed by atoms with Gasteiger partial charge in [-0.15, -0.1) is 0 Å². The number of nitrogens with one attached hydrogen (secondary N) is 2. The maximum atomic E-state index is 12.7. The van der Waals surface area contributed by atoms with Crippen molar-refractivity contribution in [1.29, 1.82) is 0 Å². The molecule has 0 aromatic heterocycles. The Balaban J connectivity index is 1.76. The van der Waals surface area contributed by atoms with Crippen molar-refractivity contribution in [2.24, 2.45) is 0 Å². The number of carbonyl (C=O) groups excluding carboxylic acids is 1. The van der Waals surface area contributed by atoms with E-state index >= 15 is 0 Å². The first kappa shape index (κ1) is 21.4. The number of benzene rings is 3. The largest absolute Gasteiger partial charge is 0.496 e. The van der Waals surface area contributed by atoms with E-state index in [2.05, 4.69) is 10.0 Å². The molecule has 0 bridgehead atoms. The number of hydrogen-bond donors (Lipinski definition) is 2. The lowest BCUT2D eigenvalue weighted by Crippen LogP contribution is -2.27. The molecule has 3 aromatic rings. The normalized spacial score (nSPS) is 12.1. The Hall–Kier alpha value is -3.32. The molecule has 3 rings (SSSR count). The minimum absolute atomic E-state index is 0.160. The number of para-hydroxylation sites is 1. The summed E-state index contributed by atoms with van der Waals surface area (Å²) in [5.74, 6) is 0.370. The average Bonchev–Trinajstić information content (AvgIpc) is 2.73. The minimum atomic E-state index is -3.75. The molecule has 7 heteroatoms. The SMILES string of the molecule is COc1ccccc1[C@H](C)NC(=O)c1cccc(NS(=O)(=O)c2ccc(C)cc2)c1. The third-order valence-electron chi connectivity index (χ3n) is 4.66. The molecule has 0 saturated carbocycles. The molecule has 0 fully saturated rings. The van der Waals surface area contributed by atoms with Crippen LogP contribution in [0.5, 0.6) is 5.75 Å². The summed E-state index contributed by atoms with van der Waals surface area (Å²) in [6, 6.07) is 20.1. The first-order valence-corrected chi connectivity index (χ1v) is 10.9. The molecule has 156 valence electrons. The summed E-state index contributed by atoms with van der Waals surface area (Å²) in [5, 5.41) is 2.92. The molecule has 6 nitrogen and oxygen atoms in total. The van der Waals surface area contributed by atoms with Crippen molar-refractivity contribution in [2.75, 3.05) is 11.8 Å². The van der Waals surface area contributed by atoms with Gasteiger partial charge >= 0.3 is 0 Å². The Bertz CT molecular complexity index is 1140. The summed E-state index contributed by atoms with van der Waals surface area (Å²) in [5.41, 5.74) is 2.48. The molecule has 0 aliphatic rings. The van der Waals surface area contributed by atoms with Gasteiger partial charge in [0.15, 0.2) is 0 Å². The fraction of sp³-hybridized carbons (Fsp3) is 0.174. The van der Waals surface area contributed by atoms with Crippen molar-refractivity contribution in [3.8, 4) is 5.75 Å². The van der Waals surface area contributed by atoms with Gasteiger partial charge in [-0.3, -0.25) is 9.52 Å². The lowest BCUT2D eigenvalue weighted by atomic mass is 10.1. The van der Waals surface area contributed by atoms with Gasteiger partial charge in [-0.1, -0.05) is 42.0 Å². The van der Waals surface area contributed by atoms with Gasteiger partial charge in [0.05, 0.1) is 18.0 Å². The third-order valence-corrected chi connectivity index (χ3v) is 6.06. The van der Waals surface area contributed by atoms with Gasteiger partial charge < -0.3 is 10.1 Å². The van der Waals surface area contributed by atoms with Gasteiger partial charge in [0, 0.05) is 16.8 Å². The Labute approximate surface area is 177 Å². The molecule has 3 aromatic carbocycles. The van der Waals surface area contributed by atoms with Crippen molar-refractivity contribution in [3.05, 3.63) is 89.5 Å². The Morgan fingerprint density at radius 1 is 0.967 bits per heavy atom. The van der Waals surface area contributed by atoms with Crippen LogP contribution in [0.25, 0.3) is 0 Å². The van der Waals surface area contributed by atoms with Crippen LogP contribution in [0.2, 0.25) is 0 Å². The van der Waals surface area contributed by atoms with Gasteiger partial charge in [0.25, 0.3) is 15.9 Å². The number of amides is 1. The van der Waals surface area contributed by atoms with Crippen LogP contribution in [0, 0.1) is 6.92 Å². The van der Waals surface area contributed by atoms with E-state index in [1.165, 1.54) is 6.07 Å². The molecular weight excluding hydrogens is 400 g/mol. The van der Waals surface area contributed by atoms with Crippen LogP contribution in [0.15, 0.2) is 77.7 Å². The summed E-state index contributed by atoms with van der Waals surface area (Å²) in [7, 11) is -2.17. The molecule has 0 saturated heterocycles. The quantitative estimate of drug-likeness (QED) is 0.592. The number of sulfonamides is 1. The van der Waals surface area contributed by atoms with E-state index in [1.807, 2.05) is 38.1 Å². The average molecular weight is 425 g/mol. The summed E-state index contributed by atoms with van der Waals surface area (Å²) in [4.78, 5) is 12.9. The van der Waals surface area contributed by atoms with Gasteiger partial charge in [0.2, 0.25) is 0 Å². The first-order chi connectivity index (χ1) is 14.3. The molecular formula is C23H24N2O4S. The van der Waals surface area contributed by atoms with Crippen molar-refractivity contribution in [1.82, 2.24) is 5.32 Å². The molecule has 30 heavy (non-hydrogen) atoms. The van der Waals surface area contributed by atoms with E-state index in [4.69, 9.17) is 4.74 Å². The maximum absolute atomic E-state index is 12.7. The molecule has 0 heterocycles. The number of rotatable bonds is 7. The lowest BCUT2D eigenvalue weighted by molar-refractivity contribution is 0.0939. The van der Waals surface area contributed by atoms with Crippen LogP contribution in [-0.2, 0) is 10.0 Å². The Morgan fingerprint density at radius 3 is 2.37 bits per heavy atom. The molecule has 0 radical (unpaired) electrons. The summed E-state index contributed by atoms with van der Waals surface area (Å²) in [6.07, 6.45) is 0. The number of methoxy groups -OCH3 is 1. The van der Waals surface area contributed by atoms with Crippen LogP contribution in [0.3, 0.4) is 0 Å². The Kier molecular flexibility index (Phi) is 6.42. The monoisotopic (exact) mass is 424 g/mol. The van der Waals surface area contributed by atoms with Crippen LogP contribution in [0.1, 0.15) is 34.5 Å². The number of hydrogen-bond acceptors (Lipinski definition) is 4. The number of ether oxygens (including phenoxy) is 1. The maximum Gasteiger partial charge on any atom is 0.261 e. The van der Waals surface area contributed by atoms with E-state index in [9.17, 15) is 13.2 Å². The standard InChI is InChI=1S/C23H24N2O4S/c1-16-11-13-20(14-12-16)30(27,28)25-19-8-6-7-18(15-19)23(26)24-17(2)21-9-4-5-10-22(21)29-3/h4-15,17,25H,1-3H3,(H,24,26)/t17-/m0/s1. The van der Waals surface area contributed by atoms with Gasteiger partial charge in [-0.05, 0) is 50.2 Å². The number of carbonyl (C=O) groups is 1. The summed E-state index contributed by atoms with van der Waals surface area (Å²) in [6.45, 7) is 3.75. The topological polar surface area (TPSA) is 84.5 Å². The summed E-state index contributed by atoms with van der Waals surface area (Å²) >= 11 is 0. The van der Waals surface area contributed by atoms with Crippen molar-refractivity contribution in [2.45, 2.75) is 24.8 Å². The highest BCUT2D eigenvalue weighted by molar-refractivity contribution is 7.92. The Morgan fingerprint density at radius 2 is 1.67 bits per heavy atom. The molecule has 2 N–H and O–H groups in total. The van der Waals surface area contributed by atoms with E-state index in [-0.39, 0.29) is 16.8 Å². The van der Waals surface area contributed by atoms with E-state index in [1.54, 1.807) is 49.6 Å². The summed E-state index contributed by atoms with van der Waals surface area (Å²) < 4.78 is 33.1. The predicted molar refractivity (Wildman–Crippen MR) is 117 cm³/mol. The van der Waals surface area contributed by atoms with E-state index in [0.29, 0.717) is 17.0 Å². The molecule has 1 atom stereocenters. The molecule has 0 aliphatic carbocycles. The highest BCUT2D eigenvalue weighted by Crippen LogP contribution is 2.25. The second-order valence-electron chi connectivity index (χ2n) is 6.94. The van der Waals surface area contributed by atoms with Gasteiger partial charge in [-0.25, -0.2) is 8.42 Å². The zero-order valence-electron chi connectivity index (χ0n) is 17.0. The molecule has 0 aliphatic heterocycles. The molecule has 0 unspecified atom stereocenters. The van der Waals surface area contributed by atoms with Gasteiger partial charge in [-0.2, -0.15) is 0 Å². The number of anilines is 1. The van der Waals surface area contributed by atoms with Crippen molar-refractivity contribution in [3.63, 3.8) is 0 Å². The third kappa shape index (κ3) is 4.99. The second kappa shape index (κ2) is 9.00.